The first kappa shape index (κ1) is 21.7. The average molecular weight is 454 g/mol. The van der Waals surface area contributed by atoms with Gasteiger partial charge in [0.1, 0.15) is 18.2 Å². The van der Waals surface area contributed by atoms with Crippen molar-refractivity contribution in [2.45, 2.75) is 26.5 Å². The Labute approximate surface area is 190 Å². The van der Waals surface area contributed by atoms with Crippen LogP contribution in [0.3, 0.4) is 0 Å². The van der Waals surface area contributed by atoms with E-state index in [1.807, 2.05) is 49.7 Å². The second kappa shape index (κ2) is 8.92. The molecule has 0 saturated carbocycles. The van der Waals surface area contributed by atoms with E-state index in [2.05, 4.69) is 15.4 Å². The van der Waals surface area contributed by atoms with Crippen molar-refractivity contribution in [2.24, 2.45) is 7.05 Å². The number of aryl methyl sites for hydroxylation is 1. The van der Waals surface area contributed by atoms with Crippen LogP contribution in [0.1, 0.15) is 25.5 Å². The highest BCUT2D eigenvalue weighted by atomic mass is 35.5. The number of carbonyl (C=O) groups is 1. The van der Waals surface area contributed by atoms with Crippen LogP contribution in [0.15, 0.2) is 48.8 Å². The number of anilines is 1. The zero-order valence-electron chi connectivity index (χ0n) is 18.3. The highest BCUT2D eigenvalue weighted by molar-refractivity contribution is 6.30. The number of carbonyl (C=O) groups excluding carboxylic acids is 1. The van der Waals surface area contributed by atoms with Gasteiger partial charge < -0.3 is 14.0 Å². The van der Waals surface area contributed by atoms with Gasteiger partial charge in [0.05, 0.1) is 30.2 Å². The van der Waals surface area contributed by atoms with Crippen molar-refractivity contribution in [3.05, 3.63) is 59.4 Å². The Morgan fingerprint density at radius 3 is 2.75 bits per heavy atom. The number of rotatable bonds is 6. The van der Waals surface area contributed by atoms with Crippen molar-refractivity contribution in [3.63, 3.8) is 0 Å². The van der Waals surface area contributed by atoms with Crippen LogP contribution in [-0.4, -0.2) is 32.5 Å². The number of hydrogen-bond acceptors (Lipinski definition) is 5. The number of nitrogens with zero attached hydrogens (tertiary/aromatic N) is 4. The number of amides is 1. The Morgan fingerprint density at radius 1 is 1.19 bits per heavy atom. The highest BCUT2D eigenvalue weighted by Crippen LogP contribution is 2.33. The molecule has 1 N–H and O–H groups in total. The van der Waals surface area contributed by atoms with Gasteiger partial charge >= 0.3 is 6.09 Å². The monoisotopic (exact) mass is 453 g/mol. The van der Waals surface area contributed by atoms with Gasteiger partial charge in [0, 0.05) is 29.7 Å². The van der Waals surface area contributed by atoms with Crippen molar-refractivity contribution in [1.29, 1.82) is 0 Å². The summed E-state index contributed by atoms with van der Waals surface area (Å²) in [6.45, 7) is 4.09. The van der Waals surface area contributed by atoms with E-state index in [1.54, 1.807) is 36.3 Å². The molecule has 0 aliphatic rings. The van der Waals surface area contributed by atoms with E-state index in [1.165, 1.54) is 0 Å². The SMILES string of the molecule is COc1cc(Cl)ccc1-c1cc(NC(=O)OCc2ccc3c(c2)ncn3C)n(C(C)C)n1. The molecule has 0 unspecified atom stereocenters. The Bertz CT molecular complexity index is 1280. The summed E-state index contributed by atoms with van der Waals surface area (Å²) >= 11 is 6.07. The summed E-state index contributed by atoms with van der Waals surface area (Å²) in [4.78, 5) is 16.8. The lowest BCUT2D eigenvalue weighted by molar-refractivity contribution is 0.155. The Kier molecular flexibility index (Phi) is 6.05. The summed E-state index contributed by atoms with van der Waals surface area (Å²) in [6, 6.07) is 12.9. The van der Waals surface area contributed by atoms with Crippen LogP contribution in [0.5, 0.6) is 5.75 Å². The maximum atomic E-state index is 12.5. The van der Waals surface area contributed by atoms with Crippen LogP contribution in [0, 0.1) is 0 Å². The number of halogens is 1. The molecule has 166 valence electrons. The first-order chi connectivity index (χ1) is 15.4. The summed E-state index contributed by atoms with van der Waals surface area (Å²) in [6.07, 6.45) is 1.19. The molecule has 0 radical (unpaired) electrons. The number of hydrogen-bond donors (Lipinski definition) is 1. The maximum absolute atomic E-state index is 12.5. The van der Waals surface area contributed by atoms with Crippen molar-refractivity contribution in [2.75, 3.05) is 12.4 Å². The van der Waals surface area contributed by atoms with E-state index in [-0.39, 0.29) is 12.6 Å². The number of benzene rings is 2. The highest BCUT2D eigenvalue weighted by Gasteiger charge is 2.17. The minimum atomic E-state index is -0.567. The number of methoxy groups -OCH3 is 1. The zero-order chi connectivity index (χ0) is 22.8. The van der Waals surface area contributed by atoms with E-state index in [4.69, 9.17) is 21.1 Å². The van der Waals surface area contributed by atoms with Crippen molar-refractivity contribution >= 4 is 34.5 Å². The molecule has 0 atom stereocenters. The van der Waals surface area contributed by atoms with Crippen molar-refractivity contribution < 1.29 is 14.3 Å². The molecule has 2 aromatic carbocycles. The van der Waals surface area contributed by atoms with Crippen LogP contribution >= 0.6 is 11.6 Å². The molecule has 0 saturated heterocycles. The van der Waals surface area contributed by atoms with Gasteiger partial charge in [-0.15, -0.1) is 0 Å². The summed E-state index contributed by atoms with van der Waals surface area (Å²) in [5, 5.41) is 8.00. The second-order valence-electron chi connectivity index (χ2n) is 7.68. The topological polar surface area (TPSA) is 83.2 Å². The fourth-order valence-corrected chi connectivity index (χ4v) is 3.61. The van der Waals surface area contributed by atoms with Crippen LogP contribution in [0.4, 0.5) is 10.6 Å². The van der Waals surface area contributed by atoms with Gasteiger partial charge in [-0.25, -0.2) is 14.5 Å². The standard InChI is InChI=1S/C23H24ClN5O3/c1-14(2)29-22(11-18(27-29)17-7-6-16(24)10-21(17)31-4)26-23(30)32-12-15-5-8-20-19(9-15)25-13-28(20)3/h5-11,13-14H,12H2,1-4H3,(H,26,30). The average Bonchev–Trinajstić information content (AvgIpc) is 3.35. The van der Waals surface area contributed by atoms with Gasteiger partial charge in [-0.2, -0.15) is 5.10 Å². The van der Waals surface area contributed by atoms with Gasteiger partial charge in [-0.05, 0) is 49.7 Å². The van der Waals surface area contributed by atoms with Crippen LogP contribution in [0.2, 0.25) is 5.02 Å². The van der Waals surface area contributed by atoms with Gasteiger partial charge in [0.15, 0.2) is 0 Å². The predicted octanol–water partition coefficient (Wildman–Crippen LogP) is 5.43. The molecule has 0 aliphatic heterocycles. The number of fused-ring (bicyclic) bond motifs is 1. The van der Waals surface area contributed by atoms with E-state index in [0.29, 0.717) is 22.3 Å². The lowest BCUT2D eigenvalue weighted by Crippen LogP contribution is -2.17. The summed E-state index contributed by atoms with van der Waals surface area (Å²) in [7, 11) is 3.51. The normalized spacial score (nSPS) is 11.2. The number of imidazole rings is 1. The number of nitrogens with one attached hydrogen (secondary N) is 1. The summed E-state index contributed by atoms with van der Waals surface area (Å²) < 4.78 is 14.5. The van der Waals surface area contributed by atoms with Gasteiger partial charge in [0.25, 0.3) is 0 Å². The van der Waals surface area contributed by atoms with E-state index in [9.17, 15) is 4.79 Å². The zero-order valence-corrected chi connectivity index (χ0v) is 19.1. The first-order valence-electron chi connectivity index (χ1n) is 10.1. The molecule has 0 fully saturated rings. The minimum Gasteiger partial charge on any atom is -0.496 e. The van der Waals surface area contributed by atoms with Gasteiger partial charge in [-0.1, -0.05) is 17.7 Å². The van der Waals surface area contributed by atoms with Crippen LogP contribution in [-0.2, 0) is 18.4 Å². The molecule has 2 aromatic heterocycles. The molecule has 32 heavy (non-hydrogen) atoms. The molecular formula is C23H24ClN5O3. The fraction of sp³-hybridized carbons (Fsp3) is 0.261. The number of ether oxygens (including phenoxy) is 2. The van der Waals surface area contributed by atoms with E-state index >= 15 is 0 Å². The molecule has 0 bridgehead atoms. The lowest BCUT2D eigenvalue weighted by Gasteiger charge is -2.12. The fourth-order valence-electron chi connectivity index (χ4n) is 3.45. The van der Waals surface area contributed by atoms with Crippen molar-refractivity contribution in [1.82, 2.24) is 19.3 Å². The van der Waals surface area contributed by atoms with Crippen LogP contribution in [0.25, 0.3) is 22.3 Å². The van der Waals surface area contributed by atoms with E-state index in [0.717, 1.165) is 22.2 Å². The van der Waals surface area contributed by atoms with Gasteiger partial charge in [-0.3, -0.25) is 5.32 Å². The molecule has 1 amide bonds. The third-order valence-corrected chi connectivity index (χ3v) is 5.29. The first-order valence-corrected chi connectivity index (χ1v) is 10.5. The Hall–Kier alpha value is -3.52. The number of aromatic nitrogens is 4. The van der Waals surface area contributed by atoms with E-state index < -0.39 is 6.09 Å². The quantitative estimate of drug-likeness (QED) is 0.421. The Morgan fingerprint density at radius 2 is 2.00 bits per heavy atom. The third kappa shape index (κ3) is 4.40. The molecule has 2 heterocycles. The second-order valence-corrected chi connectivity index (χ2v) is 8.11. The summed E-state index contributed by atoms with van der Waals surface area (Å²) in [5.41, 5.74) is 4.16. The Balaban J connectivity index is 1.50. The molecule has 0 spiro atoms. The molecule has 8 nitrogen and oxygen atoms in total. The van der Waals surface area contributed by atoms with Crippen LogP contribution < -0.4 is 10.1 Å². The smallest absolute Gasteiger partial charge is 0.413 e. The predicted molar refractivity (Wildman–Crippen MR) is 124 cm³/mol. The lowest BCUT2D eigenvalue weighted by atomic mass is 10.1. The largest absolute Gasteiger partial charge is 0.496 e. The van der Waals surface area contributed by atoms with Gasteiger partial charge in [0.2, 0.25) is 0 Å². The summed E-state index contributed by atoms with van der Waals surface area (Å²) in [5.74, 6) is 1.13. The molecule has 4 aromatic rings. The molecule has 9 heteroatoms. The third-order valence-electron chi connectivity index (χ3n) is 5.05. The minimum absolute atomic E-state index is 0.0175. The van der Waals surface area contributed by atoms with Crippen molar-refractivity contribution in [3.8, 4) is 17.0 Å². The molecular weight excluding hydrogens is 430 g/mol. The molecule has 0 aliphatic carbocycles. The maximum Gasteiger partial charge on any atom is 0.413 e. The molecule has 4 rings (SSSR count).